The number of anilines is 1. The van der Waals surface area contributed by atoms with E-state index in [0.717, 1.165) is 20.3 Å². The van der Waals surface area contributed by atoms with Crippen molar-refractivity contribution in [2.24, 2.45) is 0 Å². The lowest BCUT2D eigenvalue weighted by Crippen LogP contribution is -2.14. The van der Waals surface area contributed by atoms with Crippen molar-refractivity contribution in [2.75, 3.05) is 5.32 Å². The molecule has 4 nitrogen and oxygen atoms in total. The van der Waals surface area contributed by atoms with Crippen LogP contribution < -0.4 is 10.1 Å². The number of nitrogens with zero attached hydrogens (tertiary/aromatic N) is 1. The molecule has 33 heavy (non-hydrogen) atoms. The quantitative estimate of drug-likeness (QED) is 0.166. The van der Waals surface area contributed by atoms with Crippen molar-refractivity contribution < 1.29 is 9.53 Å². The molecular weight excluding hydrogens is 638 g/mol. The summed E-state index contributed by atoms with van der Waals surface area (Å²) < 4.78 is 7.47. The Hall–Kier alpha value is -2.05. The molecule has 0 atom stereocenters. The molecule has 0 fully saturated rings. The third-order valence-corrected chi connectivity index (χ3v) is 6.70. The van der Waals surface area contributed by atoms with Crippen molar-refractivity contribution in [1.82, 2.24) is 0 Å². The zero-order valence-corrected chi connectivity index (χ0v) is 22.9. The van der Waals surface area contributed by atoms with Crippen LogP contribution in [0.3, 0.4) is 0 Å². The number of halogens is 4. The number of rotatable bonds is 6. The number of nitrogens with one attached hydrogen (secondary N) is 1. The van der Waals surface area contributed by atoms with Crippen LogP contribution in [0, 0.1) is 28.7 Å². The number of carbonyl (C=O) groups excluding carboxylic acids is 1. The Morgan fingerprint density at radius 3 is 2.61 bits per heavy atom. The highest BCUT2D eigenvalue weighted by Gasteiger charge is 2.14. The molecule has 1 amide bonds. The van der Waals surface area contributed by atoms with Crippen LogP contribution in [0.5, 0.6) is 5.75 Å². The van der Waals surface area contributed by atoms with Crippen LogP contribution in [-0.4, -0.2) is 5.91 Å². The van der Waals surface area contributed by atoms with Gasteiger partial charge in [-0.2, -0.15) is 5.26 Å². The summed E-state index contributed by atoms with van der Waals surface area (Å²) in [4.78, 5) is 12.7. The summed E-state index contributed by atoms with van der Waals surface area (Å²) in [5, 5.41) is 13.5. The lowest BCUT2D eigenvalue weighted by atomic mass is 10.1. The van der Waals surface area contributed by atoms with Crippen molar-refractivity contribution in [2.45, 2.75) is 20.5 Å². The molecule has 8 heteroatoms. The minimum absolute atomic E-state index is 0.000204. The number of benzene rings is 3. The van der Waals surface area contributed by atoms with E-state index >= 15 is 0 Å². The van der Waals surface area contributed by atoms with Crippen molar-refractivity contribution in [3.8, 4) is 11.8 Å². The van der Waals surface area contributed by atoms with Gasteiger partial charge in [-0.3, -0.25) is 4.79 Å². The van der Waals surface area contributed by atoms with Gasteiger partial charge in [-0.1, -0.05) is 41.4 Å². The maximum absolute atomic E-state index is 12.7. The second-order valence-electron chi connectivity index (χ2n) is 7.28. The van der Waals surface area contributed by atoms with Gasteiger partial charge in [-0.15, -0.1) is 0 Å². The SMILES string of the molecule is Cc1ccc(C)c(NC(=O)/C(C#N)=C/c2cc(Br)c(OCc3ccc(Cl)cc3Cl)c(I)c2)c1. The van der Waals surface area contributed by atoms with Gasteiger partial charge in [0.15, 0.2) is 0 Å². The zero-order chi connectivity index (χ0) is 24.1. The molecule has 168 valence electrons. The molecule has 0 unspecified atom stereocenters. The highest BCUT2D eigenvalue weighted by molar-refractivity contribution is 14.1. The van der Waals surface area contributed by atoms with Crippen molar-refractivity contribution in [3.05, 3.63) is 94.4 Å². The van der Waals surface area contributed by atoms with Crippen LogP contribution in [0.4, 0.5) is 5.69 Å². The molecule has 3 aromatic rings. The summed E-state index contributed by atoms with van der Waals surface area (Å²) >= 11 is 17.8. The van der Waals surface area contributed by atoms with Crippen molar-refractivity contribution in [1.29, 1.82) is 5.26 Å². The highest BCUT2D eigenvalue weighted by Crippen LogP contribution is 2.34. The molecule has 0 heterocycles. The number of hydrogen-bond donors (Lipinski definition) is 1. The Labute approximate surface area is 224 Å². The van der Waals surface area contributed by atoms with Crippen LogP contribution in [0.25, 0.3) is 6.08 Å². The maximum atomic E-state index is 12.7. The van der Waals surface area contributed by atoms with Crippen molar-refractivity contribution >= 4 is 79.4 Å². The highest BCUT2D eigenvalue weighted by atomic mass is 127. The summed E-state index contributed by atoms with van der Waals surface area (Å²) in [6.45, 7) is 4.11. The monoisotopic (exact) mass is 654 g/mol. The number of aryl methyl sites for hydroxylation is 2. The number of carbonyl (C=O) groups is 1. The third kappa shape index (κ3) is 6.73. The van der Waals surface area contributed by atoms with E-state index in [2.05, 4.69) is 43.8 Å². The first-order valence-electron chi connectivity index (χ1n) is 9.74. The third-order valence-electron chi connectivity index (χ3n) is 4.73. The number of amides is 1. The van der Waals surface area contributed by atoms with Gasteiger partial charge in [0.05, 0.1) is 8.04 Å². The van der Waals surface area contributed by atoms with E-state index in [1.807, 2.05) is 50.2 Å². The molecule has 0 aliphatic heterocycles. The normalized spacial score (nSPS) is 11.1. The Bertz CT molecular complexity index is 1280. The molecule has 0 aliphatic carbocycles. The predicted octanol–water partition coefficient (Wildman–Crippen LogP) is 8.10. The standard InChI is InChI=1S/C25H18BrCl2IN2O2/c1-14-3-4-15(2)23(7-14)31-25(32)18(12-30)8-16-9-20(26)24(22(29)10-16)33-13-17-5-6-19(27)11-21(17)28/h3-11H,13H2,1-2H3,(H,31,32)/b18-8+. The van der Waals surface area contributed by atoms with Gasteiger partial charge in [0.2, 0.25) is 0 Å². The molecule has 1 N–H and O–H groups in total. The van der Waals surface area contributed by atoms with Gasteiger partial charge in [0.1, 0.15) is 24.0 Å². The molecule has 0 saturated heterocycles. The summed E-state index contributed by atoms with van der Waals surface area (Å²) in [5.74, 6) is 0.173. The van der Waals surface area contributed by atoms with Gasteiger partial charge in [0.25, 0.3) is 5.91 Å². The smallest absolute Gasteiger partial charge is 0.266 e. The fraction of sp³-hybridized carbons (Fsp3) is 0.120. The summed E-state index contributed by atoms with van der Waals surface area (Å²) in [6, 6.07) is 16.6. The molecule has 0 radical (unpaired) electrons. The van der Waals surface area contributed by atoms with Crippen molar-refractivity contribution in [3.63, 3.8) is 0 Å². The molecule has 0 aliphatic rings. The van der Waals surface area contributed by atoms with E-state index in [1.54, 1.807) is 24.3 Å². The van der Waals surface area contributed by atoms with Crippen LogP contribution in [-0.2, 0) is 11.4 Å². The largest absolute Gasteiger partial charge is 0.487 e. The molecule has 3 aromatic carbocycles. The Balaban J connectivity index is 1.80. The lowest BCUT2D eigenvalue weighted by Gasteiger charge is -2.13. The van der Waals surface area contributed by atoms with E-state index < -0.39 is 5.91 Å². The average molecular weight is 656 g/mol. The first kappa shape index (κ1) is 25.6. The van der Waals surface area contributed by atoms with Gasteiger partial charge in [-0.05, 0) is 105 Å². The molecule has 0 saturated carbocycles. The van der Waals surface area contributed by atoms with Crippen LogP contribution in [0.2, 0.25) is 10.0 Å². The maximum Gasteiger partial charge on any atom is 0.266 e. The number of nitriles is 1. The molecular formula is C25H18BrCl2IN2O2. The second-order valence-corrected chi connectivity index (χ2v) is 10.1. The Morgan fingerprint density at radius 1 is 1.18 bits per heavy atom. The lowest BCUT2D eigenvalue weighted by molar-refractivity contribution is -0.112. The van der Waals surface area contributed by atoms with Gasteiger partial charge in [0, 0.05) is 21.3 Å². The first-order chi connectivity index (χ1) is 15.7. The van der Waals surface area contributed by atoms with E-state index in [4.69, 9.17) is 27.9 Å². The Morgan fingerprint density at radius 2 is 1.94 bits per heavy atom. The summed E-state index contributed by atoms with van der Waals surface area (Å²) in [6.07, 6.45) is 1.55. The van der Waals surface area contributed by atoms with E-state index in [1.165, 1.54) is 0 Å². The fourth-order valence-corrected chi connectivity index (χ4v) is 5.20. The molecule has 3 rings (SSSR count). The van der Waals surface area contributed by atoms with Gasteiger partial charge in [-0.25, -0.2) is 0 Å². The van der Waals surface area contributed by atoms with Gasteiger partial charge >= 0.3 is 0 Å². The molecule has 0 aromatic heterocycles. The minimum Gasteiger partial charge on any atom is -0.487 e. The fourth-order valence-electron chi connectivity index (χ4n) is 2.96. The van der Waals surface area contributed by atoms with E-state index in [-0.39, 0.29) is 12.2 Å². The summed E-state index contributed by atoms with van der Waals surface area (Å²) in [5.41, 5.74) is 4.12. The van der Waals surface area contributed by atoms with Crippen LogP contribution in [0.15, 0.2) is 58.6 Å². The molecule has 0 bridgehead atoms. The Kier molecular flexibility index (Phi) is 8.82. The van der Waals surface area contributed by atoms with Crippen LogP contribution in [0.1, 0.15) is 22.3 Å². The van der Waals surface area contributed by atoms with E-state index in [0.29, 0.717) is 31.5 Å². The zero-order valence-electron chi connectivity index (χ0n) is 17.7. The second kappa shape index (κ2) is 11.4. The van der Waals surface area contributed by atoms with E-state index in [9.17, 15) is 10.1 Å². The number of ether oxygens (including phenoxy) is 1. The topological polar surface area (TPSA) is 62.1 Å². The van der Waals surface area contributed by atoms with Crippen LogP contribution >= 0.6 is 61.7 Å². The minimum atomic E-state index is -0.463. The molecule has 0 spiro atoms. The number of hydrogen-bond acceptors (Lipinski definition) is 3. The van der Waals surface area contributed by atoms with Gasteiger partial charge < -0.3 is 10.1 Å². The summed E-state index contributed by atoms with van der Waals surface area (Å²) in [7, 11) is 0. The first-order valence-corrected chi connectivity index (χ1v) is 12.4. The average Bonchev–Trinajstić information content (AvgIpc) is 2.75. The predicted molar refractivity (Wildman–Crippen MR) is 146 cm³/mol.